The number of benzene rings is 2. The van der Waals surface area contributed by atoms with Gasteiger partial charge >= 0.3 is 0 Å². The van der Waals surface area contributed by atoms with Gasteiger partial charge in [-0.25, -0.2) is 0 Å². The van der Waals surface area contributed by atoms with Crippen LogP contribution >= 0.6 is 0 Å². The van der Waals surface area contributed by atoms with E-state index in [1.807, 2.05) is 24.3 Å². The number of hydrogen-bond acceptors (Lipinski definition) is 6. The largest absolute Gasteiger partial charge is 0.387 e. The van der Waals surface area contributed by atoms with Gasteiger partial charge in [-0.2, -0.15) is 0 Å². The maximum Gasteiger partial charge on any atom is 0.177 e. The second-order valence-electron chi connectivity index (χ2n) is 9.38. The van der Waals surface area contributed by atoms with E-state index >= 15 is 0 Å². The van der Waals surface area contributed by atoms with Gasteiger partial charge in [0, 0.05) is 25.7 Å². The quantitative estimate of drug-likeness (QED) is 0.684. The summed E-state index contributed by atoms with van der Waals surface area (Å²) in [4.78, 5) is 0. The van der Waals surface area contributed by atoms with E-state index in [-0.39, 0.29) is 0 Å². The maximum absolute atomic E-state index is 11.2. The van der Waals surface area contributed by atoms with Crippen LogP contribution in [0, 0.1) is 0 Å². The molecule has 1 saturated carbocycles. The number of hydrogen-bond donors (Lipinski definition) is 2. The van der Waals surface area contributed by atoms with Gasteiger partial charge in [0.15, 0.2) is 11.6 Å². The molecule has 6 nitrogen and oxygen atoms in total. The lowest BCUT2D eigenvalue weighted by Gasteiger charge is -2.38. The zero-order valence-corrected chi connectivity index (χ0v) is 16.4. The van der Waals surface area contributed by atoms with Crippen molar-refractivity contribution in [2.45, 2.75) is 73.9 Å². The molecule has 1 unspecified atom stereocenters. The minimum atomic E-state index is -0.922. The third kappa shape index (κ3) is 2.35. The molecule has 6 heteroatoms. The molecule has 30 heavy (non-hydrogen) atoms. The molecule has 2 aromatic carbocycles. The zero-order chi connectivity index (χ0) is 20.1. The highest BCUT2D eigenvalue weighted by Gasteiger charge is 2.66. The van der Waals surface area contributed by atoms with Crippen LogP contribution in [0.5, 0.6) is 0 Å². The summed E-state index contributed by atoms with van der Waals surface area (Å²) < 4.78 is 25.3. The number of aliphatic hydroxyl groups is 2. The molecule has 0 bridgehead atoms. The molecule has 6 atom stereocenters. The Bertz CT molecular complexity index is 861. The molecule has 0 amide bonds. The van der Waals surface area contributed by atoms with Crippen molar-refractivity contribution in [1.82, 2.24) is 0 Å². The molecule has 3 aliphatic carbocycles. The summed E-state index contributed by atoms with van der Waals surface area (Å²) in [5.41, 5.74) is 4.76. The van der Waals surface area contributed by atoms with Gasteiger partial charge in [-0.3, -0.25) is 0 Å². The molecule has 5 aliphatic rings. The molecule has 2 heterocycles. The molecule has 2 saturated heterocycles. The average Bonchev–Trinajstić information content (AvgIpc) is 3.48. The van der Waals surface area contributed by atoms with Gasteiger partial charge in [0.25, 0.3) is 0 Å². The third-order valence-electron chi connectivity index (χ3n) is 7.47. The monoisotopic (exact) mass is 408 g/mol. The fourth-order valence-electron chi connectivity index (χ4n) is 6.17. The standard InChI is InChI=1S/C24H24O6/c25-17-19-20(28-23(27-19)9-13-5-1-2-6-14(13)10-23)18(26)22-21(17)29-24(30-22)11-15-7-3-4-8-16(15)12-24/h1-8,17-22,25-26H,9-12H2/t17-,18-,19-,20-,21-,22?/m0/s1. The van der Waals surface area contributed by atoms with Crippen LogP contribution in [-0.2, 0) is 44.6 Å². The Balaban J connectivity index is 1.16. The Morgan fingerprint density at radius 3 is 1.07 bits per heavy atom. The molecular formula is C24H24O6. The van der Waals surface area contributed by atoms with E-state index in [9.17, 15) is 10.2 Å². The minimum Gasteiger partial charge on any atom is -0.387 e. The normalized spacial score (nSPS) is 39.1. The molecule has 2 N–H and O–H groups in total. The Morgan fingerprint density at radius 2 is 0.800 bits per heavy atom. The molecule has 2 aliphatic heterocycles. The zero-order valence-electron chi connectivity index (χ0n) is 16.4. The summed E-state index contributed by atoms with van der Waals surface area (Å²) in [6.45, 7) is 0. The van der Waals surface area contributed by atoms with E-state index < -0.39 is 48.2 Å². The summed E-state index contributed by atoms with van der Waals surface area (Å²) in [6.07, 6.45) is -1.94. The molecule has 7 rings (SSSR count). The van der Waals surface area contributed by atoms with Crippen LogP contribution in [0.4, 0.5) is 0 Å². The van der Waals surface area contributed by atoms with Gasteiger partial charge in [0.2, 0.25) is 0 Å². The summed E-state index contributed by atoms with van der Waals surface area (Å²) in [5, 5.41) is 22.3. The second-order valence-corrected chi connectivity index (χ2v) is 9.38. The van der Waals surface area contributed by atoms with Crippen molar-refractivity contribution in [3.05, 3.63) is 70.8 Å². The first-order valence-corrected chi connectivity index (χ1v) is 10.8. The van der Waals surface area contributed by atoms with Gasteiger partial charge in [-0.15, -0.1) is 0 Å². The summed E-state index contributed by atoms with van der Waals surface area (Å²) in [6, 6.07) is 16.3. The van der Waals surface area contributed by atoms with Crippen LogP contribution in [0.15, 0.2) is 48.5 Å². The fourth-order valence-corrected chi connectivity index (χ4v) is 6.17. The molecule has 0 radical (unpaired) electrons. The number of aliphatic hydroxyl groups excluding tert-OH is 2. The van der Waals surface area contributed by atoms with Crippen LogP contribution in [0.1, 0.15) is 22.3 Å². The van der Waals surface area contributed by atoms with E-state index in [2.05, 4.69) is 24.3 Å². The highest BCUT2D eigenvalue weighted by Crippen LogP contribution is 2.50. The van der Waals surface area contributed by atoms with Crippen LogP contribution in [0.3, 0.4) is 0 Å². The van der Waals surface area contributed by atoms with Crippen molar-refractivity contribution in [3.63, 3.8) is 0 Å². The predicted molar refractivity (Wildman–Crippen MR) is 105 cm³/mol. The molecule has 0 aromatic heterocycles. The van der Waals surface area contributed by atoms with Gasteiger partial charge in [-0.05, 0) is 22.3 Å². The van der Waals surface area contributed by atoms with E-state index in [1.165, 1.54) is 22.3 Å². The number of fused-ring (bicyclic) bond motifs is 4. The van der Waals surface area contributed by atoms with Crippen molar-refractivity contribution < 1.29 is 29.2 Å². The first-order valence-electron chi connectivity index (χ1n) is 10.8. The van der Waals surface area contributed by atoms with E-state index in [0.717, 1.165) is 0 Å². The van der Waals surface area contributed by atoms with Crippen LogP contribution < -0.4 is 0 Å². The summed E-state index contributed by atoms with van der Waals surface area (Å²) in [7, 11) is 0. The number of ether oxygens (including phenoxy) is 4. The molecule has 2 aromatic rings. The molecule has 156 valence electrons. The SMILES string of the molecule is O[C@H]1[C@@H]2OC3(Cc4ccccc4C3)O[C@H]2[C@H](O)C2OC3(Cc4ccccc4C3)O[C@H]21. The Kier molecular flexibility index (Phi) is 3.51. The minimum absolute atomic E-state index is 0.617. The topological polar surface area (TPSA) is 77.4 Å². The van der Waals surface area contributed by atoms with Crippen molar-refractivity contribution in [3.8, 4) is 0 Å². The van der Waals surface area contributed by atoms with Gasteiger partial charge in [0.05, 0.1) is 0 Å². The molecular weight excluding hydrogens is 384 g/mol. The lowest BCUT2D eigenvalue weighted by molar-refractivity contribution is -0.200. The van der Waals surface area contributed by atoms with E-state index in [4.69, 9.17) is 18.9 Å². The van der Waals surface area contributed by atoms with Crippen LogP contribution in [-0.4, -0.2) is 58.4 Å². The highest BCUT2D eigenvalue weighted by atomic mass is 16.8. The number of rotatable bonds is 0. The lowest BCUT2D eigenvalue weighted by atomic mass is 9.85. The van der Waals surface area contributed by atoms with Gasteiger partial charge in [0.1, 0.15) is 36.6 Å². The fraction of sp³-hybridized carbons (Fsp3) is 0.500. The first kappa shape index (κ1) is 17.8. The Labute approximate surface area is 174 Å². The third-order valence-corrected chi connectivity index (χ3v) is 7.47. The predicted octanol–water partition coefficient (Wildman–Crippen LogP) is 1.28. The average molecular weight is 408 g/mol. The van der Waals surface area contributed by atoms with Crippen molar-refractivity contribution in [1.29, 1.82) is 0 Å². The maximum atomic E-state index is 11.2. The smallest absolute Gasteiger partial charge is 0.177 e. The van der Waals surface area contributed by atoms with E-state index in [1.54, 1.807) is 0 Å². The van der Waals surface area contributed by atoms with E-state index in [0.29, 0.717) is 25.7 Å². The van der Waals surface area contributed by atoms with Gasteiger partial charge < -0.3 is 29.2 Å². The van der Waals surface area contributed by atoms with Crippen LogP contribution in [0.2, 0.25) is 0 Å². The lowest BCUT2D eigenvalue weighted by Crippen LogP contribution is -2.61. The highest BCUT2D eigenvalue weighted by molar-refractivity contribution is 5.36. The Morgan fingerprint density at radius 1 is 0.533 bits per heavy atom. The van der Waals surface area contributed by atoms with Crippen molar-refractivity contribution >= 4 is 0 Å². The first-order chi connectivity index (χ1) is 14.5. The second kappa shape index (κ2) is 5.91. The summed E-state index contributed by atoms with van der Waals surface area (Å²) >= 11 is 0. The van der Waals surface area contributed by atoms with Crippen molar-refractivity contribution in [2.75, 3.05) is 0 Å². The van der Waals surface area contributed by atoms with Crippen LogP contribution in [0.25, 0.3) is 0 Å². The Hall–Kier alpha value is -1.80. The molecule has 3 fully saturated rings. The molecule has 2 spiro atoms. The summed E-state index contributed by atoms with van der Waals surface area (Å²) in [5.74, 6) is -1.66. The van der Waals surface area contributed by atoms with Crippen molar-refractivity contribution in [2.24, 2.45) is 0 Å². The van der Waals surface area contributed by atoms with Gasteiger partial charge in [-0.1, -0.05) is 48.5 Å².